The van der Waals surface area contributed by atoms with Crippen molar-refractivity contribution < 1.29 is 9.53 Å². The Morgan fingerprint density at radius 2 is 1.81 bits per heavy atom. The minimum atomic E-state index is -0.626. The summed E-state index contributed by atoms with van der Waals surface area (Å²) in [6, 6.07) is 16.6. The Morgan fingerprint density at radius 1 is 1.03 bits per heavy atom. The van der Waals surface area contributed by atoms with Crippen molar-refractivity contribution in [3.8, 4) is 5.75 Å². The van der Waals surface area contributed by atoms with Gasteiger partial charge in [-0.25, -0.2) is 0 Å². The van der Waals surface area contributed by atoms with Crippen LogP contribution in [0.25, 0.3) is 0 Å². The zero-order valence-electron chi connectivity index (χ0n) is 16.9. The molecule has 3 aromatic rings. The van der Waals surface area contributed by atoms with E-state index in [1.807, 2.05) is 36.5 Å². The number of β-lactam (4-membered cyclic amide) rings is 1. The van der Waals surface area contributed by atoms with Crippen LogP contribution in [-0.2, 0) is 17.6 Å². The second kappa shape index (κ2) is 9.47. The van der Waals surface area contributed by atoms with Crippen LogP contribution in [0.1, 0.15) is 29.8 Å². The lowest BCUT2D eigenvalue weighted by atomic mass is 9.92. The van der Waals surface area contributed by atoms with Crippen LogP contribution in [0, 0.1) is 0 Å². The number of benzene rings is 2. The number of hydrogen-bond donors (Lipinski definition) is 0. The van der Waals surface area contributed by atoms with E-state index in [2.05, 4.69) is 18.0 Å². The van der Waals surface area contributed by atoms with Crippen LogP contribution < -0.4 is 9.64 Å². The highest BCUT2D eigenvalue weighted by molar-refractivity contribution is 6.42. The van der Waals surface area contributed by atoms with E-state index in [1.165, 1.54) is 5.56 Å². The van der Waals surface area contributed by atoms with Crippen molar-refractivity contribution in [2.75, 3.05) is 11.5 Å². The predicted molar refractivity (Wildman–Crippen MR) is 126 cm³/mol. The van der Waals surface area contributed by atoms with E-state index in [0.29, 0.717) is 22.3 Å². The van der Waals surface area contributed by atoms with E-state index in [0.717, 1.165) is 29.8 Å². The predicted octanol–water partition coefficient (Wildman–Crippen LogP) is 6.27. The first-order valence-corrected chi connectivity index (χ1v) is 11.3. The average molecular weight is 476 g/mol. The lowest BCUT2D eigenvalue weighted by Crippen LogP contribution is -2.56. The first-order chi connectivity index (χ1) is 15.0. The minimum Gasteiger partial charge on any atom is -0.493 e. The molecule has 4 rings (SSSR count). The fraction of sp³-hybridized carbons (Fsp3) is 0.250. The summed E-state index contributed by atoms with van der Waals surface area (Å²) in [5.74, 6) is 0.596. The standard InChI is InChI=1S/C24H21Cl3N2O2/c1-2-15-3-6-17(28-14-15)11-12-31-19-8-4-16(5-9-19)23-22(27)24(30)29(23)18-7-10-20(25)21(26)13-18/h3-10,13-14,22-23H,2,11-12H2,1H3. The molecule has 2 atom stereocenters. The number of anilines is 1. The van der Waals surface area contributed by atoms with Crippen LogP contribution in [-0.4, -0.2) is 22.9 Å². The molecule has 0 aliphatic carbocycles. The van der Waals surface area contributed by atoms with Crippen LogP contribution in [0.15, 0.2) is 60.8 Å². The number of amides is 1. The second-order valence-corrected chi connectivity index (χ2v) is 8.62. The number of halogens is 3. The molecule has 2 unspecified atom stereocenters. The van der Waals surface area contributed by atoms with Crippen molar-refractivity contribution >= 4 is 46.4 Å². The quantitative estimate of drug-likeness (QED) is 0.299. The van der Waals surface area contributed by atoms with Gasteiger partial charge < -0.3 is 9.64 Å². The highest BCUT2D eigenvalue weighted by Crippen LogP contribution is 2.43. The second-order valence-electron chi connectivity index (χ2n) is 7.33. The number of ether oxygens (including phenoxy) is 1. The van der Waals surface area contributed by atoms with Crippen molar-refractivity contribution in [3.05, 3.63) is 87.7 Å². The monoisotopic (exact) mass is 474 g/mol. The maximum atomic E-state index is 12.4. The Kier molecular flexibility index (Phi) is 6.71. The van der Waals surface area contributed by atoms with Gasteiger partial charge in [0.05, 0.1) is 22.7 Å². The third kappa shape index (κ3) is 4.67. The normalized spacial score (nSPS) is 18.1. The molecule has 0 spiro atoms. The number of rotatable bonds is 7. The number of aryl methyl sites for hydroxylation is 1. The molecular weight excluding hydrogens is 455 g/mol. The lowest BCUT2D eigenvalue weighted by molar-refractivity contribution is -0.123. The first-order valence-electron chi connectivity index (χ1n) is 10.1. The molecule has 1 fully saturated rings. The molecule has 2 aromatic carbocycles. The molecule has 0 saturated carbocycles. The van der Waals surface area contributed by atoms with E-state index >= 15 is 0 Å². The van der Waals surface area contributed by atoms with Gasteiger partial charge in [-0.2, -0.15) is 0 Å². The summed E-state index contributed by atoms with van der Waals surface area (Å²) in [5.41, 5.74) is 3.82. The van der Waals surface area contributed by atoms with Gasteiger partial charge in [0, 0.05) is 24.0 Å². The van der Waals surface area contributed by atoms with E-state index in [1.54, 1.807) is 23.1 Å². The third-order valence-corrected chi connectivity index (χ3v) is 6.52. The number of carbonyl (C=O) groups is 1. The molecule has 31 heavy (non-hydrogen) atoms. The summed E-state index contributed by atoms with van der Waals surface area (Å²) in [7, 11) is 0. The molecule has 1 amide bonds. The van der Waals surface area contributed by atoms with E-state index in [4.69, 9.17) is 39.5 Å². The Bertz CT molecular complexity index is 1070. The molecule has 2 heterocycles. The Labute approximate surface area is 196 Å². The van der Waals surface area contributed by atoms with Gasteiger partial charge in [-0.1, -0.05) is 48.3 Å². The minimum absolute atomic E-state index is 0.160. The van der Waals surface area contributed by atoms with Crippen molar-refractivity contribution in [2.45, 2.75) is 31.2 Å². The molecule has 1 aliphatic heterocycles. The van der Waals surface area contributed by atoms with Gasteiger partial charge >= 0.3 is 0 Å². The fourth-order valence-corrected chi connectivity index (χ4v) is 4.20. The van der Waals surface area contributed by atoms with Gasteiger partial charge in [0.1, 0.15) is 11.1 Å². The van der Waals surface area contributed by atoms with Gasteiger partial charge in [0.15, 0.2) is 0 Å². The molecule has 1 saturated heterocycles. The van der Waals surface area contributed by atoms with E-state index < -0.39 is 5.38 Å². The van der Waals surface area contributed by atoms with Crippen LogP contribution in [0.3, 0.4) is 0 Å². The molecule has 7 heteroatoms. The van der Waals surface area contributed by atoms with Crippen molar-refractivity contribution in [3.63, 3.8) is 0 Å². The van der Waals surface area contributed by atoms with Gasteiger partial charge in [-0.3, -0.25) is 9.78 Å². The van der Waals surface area contributed by atoms with E-state index in [-0.39, 0.29) is 11.9 Å². The Hall–Kier alpha value is -2.27. The number of pyridine rings is 1. The number of carbonyl (C=O) groups excluding carboxylic acids is 1. The fourth-order valence-electron chi connectivity index (χ4n) is 3.54. The van der Waals surface area contributed by atoms with Crippen molar-refractivity contribution in [1.82, 2.24) is 4.98 Å². The van der Waals surface area contributed by atoms with Crippen LogP contribution in [0.2, 0.25) is 10.0 Å². The number of alkyl halides is 1. The van der Waals surface area contributed by atoms with Crippen LogP contribution in [0.4, 0.5) is 5.69 Å². The highest BCUT2D eigenvalue weighted by atomic mass is 35.5. The van der Waals surface area contributed by atoms with Gasteiger partial charge in [0.2, 0.25) is 5.91 Å². The molecule has 1 aromatic heterocycles. The zero-order valence-corrected chi connectivity index (χ0v) is 19.2. The first kappa shape index (κ1) is 21.9. The van der Waals surface area contributed by atoms with Crippen molar-refractivity contribution in [1.29, 1.82) is 0 Å². The summed E-state index contributed by atoms with van der Waals surface area (Å²) in [6.45, 7) is 2.65. The van der Waals surface area contributed by atoms with Gasteiger partial charge in [-0.15, -0.1) is 11.6 Å². The molecule has 4 nitrogen and oxygen atoms in total. The lowest BCUT2D eigenvalue weighted by Gasteiger charge is -2.44. The molecule has 0 bridgehead atoms. The summed E-state index contributed by atoms with van der Waals surface area (Å²) in [6.07, 6.45) is 3.62. The molecule has 1 aliphatic rings. The topological polar surface area (TPSA) is 42.4 Å². The summed E-state index contributed by atoms with van der Waals surface area (Å²) in [5, 5.41) is 0.208. The zero-order chi connectivity index (χ0) is 22.0. The average Bonchev–Trinajstić information content (AvgIpc) is 2.80. The smallest absolute Gasteiger partial charge is 0.248 e. The van der Waals surface area contributed by atoms with Gasteiger partial charge in [-0.05, 0) is 53.9 Å². The maximum absolute atomic E-state index is 12.4. The number of nitrogens with zero attached hydrogens (tertiary/aromatic N) is 2. The Balaban J connectivity index is 1.40. The van der Waals surface area contributed by atoms with Crippen LogP contribution in [0.5, 0.6) is 5.75 Å². The molecule has 0 N–H and O–H groups in total. The highest BCUT2D eigenvalue weighted by Gasteiger charge is 2.47. The molecule has 0 radical (unpaired) electrons. The SMILES string of the molecule is CCc1ccc(CCOc2ccc(C3C(Cl)C(=O)N3c3ccc(Cl)c(Cl)c3)cc2)nc1. The largest absolute Gasteiger partial charge is 0.493 e. The van der Waals surface area contributed by atoms with Crippen molar-refractivity contribution in [2.24, 2.45) is 0 Å². The van der Waals surface area contributed by atoms with Crippen LogP contribution >= 0.6 is 34.8 Å². The third-order valence-electron chi connectivity index (χ3n) is 5.35. The number of hydrogen-bond acceptors (Lipinski definition) is 3. The molecular formula is C24H21Cl3N2O2. The molecule has 160 valence electrons. The summed E-state index contributed by atoms with van der Waals surface area (Å²) < 4.78 is 5.86. The van der Waals surface area contributed by atoms with E-state index in [9.17, 15) is 4.79 Å². The summed E-state index contributed by atoms with van der Waals surface area (Å²) >= 11 is 18.5. The van der Waals surface area contributed by atoms with Gasteiger partial charge in [0.25, 0.3) is 0 Å². The maximum Gasteiger partial charge on any atom is 0.248 e. The summed E-state index contributed by atoms with van der Waals surface area (Å²) in [4.78, 5) is 18.5. The Morgan fingerprint density at radius 3 is 2.45 bits per heavy atom. The number of aromatic nitrogens is 1.